The van der Waals surface area contributed by atoms with Crippen molar-refractivity contribution in [2.75, 3.05) is 7.11 Å². The predicted octanol–water partition coefficient (Wildman–Crippen LogP) is 3.73. The molecule has 0 aliphatic heterocycles. The van der Waals surface area contributed by atoms with E-state index in [1.54, 1.807) is 13.0 Å². The number of methoxy groups -OCH3 is 1. The van der Waals surface area contributed by atoms with E-state index in [2.05, 4.69) is 11.9 Å². The van der Waals surface area contributed by atoms with Crippen LogP contribution in [0.4, 0.5) is 4.39 Å². The number of carbonyl (C=O) groups is 2. The fraction of sp³-hybridized carbons (Fsp3) is 0.571. The molecule has 0 aromatic heterocycles. The van der Waals surface area contributed by atoms with Gasteiger partial charge in [-0.3, -0.25) is 9.59 Å². The molecule has 36 heavy (non-hydrogen) atoms. The highest BCUT2D eigenvalue weighted by atomic mass is 35.5. The summed E-state index contributed by atoms with van der Waals surface area (Å²) in [5.41, 5.74) is -0.581. The standard InChI is InChI=1S/C28H33ClFNO5/c1-14-11-27-13-28(14,35)8-7-18(27)17-10-21(36-4)24(33)26(3,15(2)32)22(17)23(27)25(34)31-12-16-5-6-20(30)19(29)9-16/h5-6,9-10,18,21-24,33,35H,1,7-8,11-13H2,2-4H3,(H,31,34)/t18-,21+,22?,23+,24-,26-,27-,28-/m0/s1. The van der Waals surface area contributed by atoms with Crippen molar-refractivity contribution in [1.29, 1.82) is 0 Å². The fourth-order valence-corrected chi connectivity index (χ4v) is 8.06. The molecule has 8 atom stereocenters. The average Bonchev–Trinajstić information content (AvgIpc) is 3.21. The molecule has 2 bridgehead atoms. The lowest BCUT2D eigenvalue weighted by atomic mass is 9.58. The van der Waals surface area contributed by atoms with Gasteiger partial charge in [-0.25, -0.2) is 4.39 Å². The number of ketones is 1. The SMILES string of the molecule is C=C1C[C@]23C[C@@]1(O)CC[C@H]2C1=C[C@@H](OC)[C@H](O)[C@@](C)(C(C)=O)C1[C@@H]3C(=O)NCc1ccc(F)c(Cl)c1. The van der Waals surface area contributed by atoms with Crippen LogP contribution in [0.15, 0.2) is 42.0 Å². The Bertz CT molecular complexity index is 1180. The van der Waals surface area contributed by atoms with E-state index in [0.29, 0.717) is 31.2 Å². The van der Waals surface area contributed by atoms with E-state index in [-0.39, 0.29) is 29.2 Å². The maximum absolute atomic E-state index is 14.1. The first-order chi connectivity index (χ1) is 16.9. The molecule has 4 aliphatic carbocycles. The van der Waals surface area contributed by atoms with Crippen LogP contribution in [0, 0.1) is 34.4 Å². The number of fused-ring (bicyclic) bond motifs is 3. The topological polar surface area (TPSA) is 95.9 Å². The van der Waals surface area contributed by atoms with Gasteiger partial charge in [0.15, 0.2) is 0 Å². The zero-order valence-corrected chi connectivity index (χ0v) is 21.6. The zero-order valence-electron chi connectivity index (χ0n) is 20.8. The number of benzene rings is 1. The molecule has 4 aliphatic rings. The van der Waals surface area contributed by atoms with E-state index in [1.165, 1.54) is 26.2 Å². The highest BCUT2D eigenvalue weighted by Gasteiger charge is 2.73. The molecule has 3 fully saturated rings. The number of ether oxygens (including phenoxy) is 1. The van der Waals surface area contributed by atoms with E-state index >= 15 is 0 Å². The lowest BCUT2D eigenvalue weighted by Crippen LogP contribution is -2.57. The molecule has 1 amide bonds. The first-order valence-electron chi connectivity index (χ1n) is 12.4. The third-order valence-electron chi connectivity index (χ3n) is 9.77. The maximum Gasteiger partial charge on any atom is 0.224 e. The summed E-state index contributed by atoms with van der Waals surface area (Å²) in [6.07, 6.45) is 2.18. The number of aliphatic hydroxyl groups excluding tert-OH is 1. The quantitative estimate of drug-likeness (QED) is 0.517. The van der Waals surface area contributed by atoms with Crippen LogP contribution in [0.1, 0.15) is 45.1 Å². The second kappa shape index (κ2) is 8.48. The Labute approximate surface area is 215 Å². The lowest BCUT2D eigenvalue weighted by Gasteiger charge is -2.47. The molecule has 3 saturated carbocycles. The van der Waals surface area contributed by atoms with Crippen molar-refractivity contribution >= 4 is 23.3 Å². The number of halogens is 2. The van der Waals surface area contributed by atoms with Crippen molar-refractivity contribution in [3.8, 4) is 0 Å². The van der Waals surface area contributed by atoms with Gasteiger partial charge >= 0.3 is 0 Å². The molecule has 194 valence electrons. The Morgan fingerprint density at radius 2 is 2.08 bits per heavy atom. The minimum absolute atomic E-state index is 0.0268. The molecule has 3 N–H and O–H groups in total. The predicted molar refractivity (Wildman–Crippen MR) is 132 cm³/mol. The molecule has 1 spiro atoms. The number of carbonyl (C=O) groups excluding carboxylic acids is 2. The first kappa shape index (κ1) is 25.6. The van der Waals surface area contributed by atoms with Gasteiger partial charge in [0.1, 0.15) is 17.7 Å². The van der Waals surface area contributed by atoms with Crippen LogP contribution >= 0.6 is 11.6 Å². The number of amides is 1. The van der Waals surface area contributed by atoms with Gasteiger partial charge in [-0.05, 0) is 74.1 Å². The second-order valence-corrected chi connectivity index (χ2v) is 11.8. The fourth-order valence-electron chi connectivity index (χ4n) is 7.86. The van der Waals surface area contributed by atoms with Crippen LogP contribution in [0.3, 0.4) is 0 Å². The second-order valence-electron chi connectivity index (χ2n) is 11.4. The Hall–Kier alpha value is -2.06. The molecule has 0 saturated heterocycles. The molecule has 1 unspecified atom stereocenters. The molecule has 0 radical (unpaired) electrons. The van der Waals surface area contributed by atoms with Gasteiger partial charge in [0.2, 0.25) is 5.91 Å². The van der Waals surface area contributed by atoms with E-state index in [4.69, 9.17) is 16.3 Å². The van der Waals surface area contributed by atoms with Crippen molar-refractivity contribution in [3.63, 3.8) is 0 Å². The molecule has 1 aromatic rings. The number of Topliss-reactive ketones (excluding diaryl/α,β-unsaturated/α-hetero) is 1. The lowest BCUT2D eigenvalue weighted by molar-refractivity contribution is -0.152. The number of hydrogen-bond acceptors (Lipinski definition) is 5. The number of nitrogens with one attached hydrogen (secondary N) is 1. The van der Waals surface area contributed by atoms with Crippen molar-refractivity contribution < 1.29 is 28.9 Å². The minimum atomic E-state index is -1.25. The molecule has 6 nitrogen and oxygen atoms in total. The molecule has 8 heteroatoms. The highest BCUT2D eigenvalue weighted by Crippen LogP contribution is 2.73. The molecular formula is C28H33ClFNO5. The normalized spacial score (nSPS) is 40.9. The molecule has 5 rings (SSSR count). The number of allylic oxidation sites excluding steroid dienone is 1. The average molecular weight is 518 g/mol. The van der Waals surface area contributed by atoms with Crippen molar-refractivity contribution in [1.82, 2.24) is 5.32 Å². The van der Waals surface area contributed by atoms with Gasteiger partial charge in [0, 0.05) is 19.6 Å². The zero-order chi connectivity index (χ0) is 26.2. The Balaban J connectivity index is 1.60. The molecule has 1 aromatic carbocycles. The van der Waals surface area contributed by atoms with E-state index in [9.17, 15) is 24.2 Å². The monoisotopic (exact) mass is 517 g/mol. The summed E-state index contributed by atoms with van der Waals surface area (Å²) in [7, 11) is 1.51. The summed E-state index contributed by atoms with van der Waals surface area (Å²) >= 11 is 5.93. The van der Waals surface area contributed by atoms with E-state index in [0.717, 1.165) is 11.1 Å². The highest BCUT2D eigenvalue weighted by molar-refractivity contribution is 6.30. The van der Waals surface area contributed by atoms with Gasteiger partial charge in [-0.2, -0.15) is 0 Å². The summed E-state index contributed by atoms with van der Waals surface area (Å²) < 4.78 is 19.2. The van der Waals surface area contributed by atoms with E-state index < -0.39 is 46.3 Å². The van der Waals surface area contributed by atoms with Crippen LogP contribution in [-0.4, -0.2) is 46.8 Å². The van der Waals surface area contributed by atoms with Crippen LogP contribution in [-0.2, 0) is 20.9 Å². The van der Waals surface area contributed by atoms with Crippen LogP contribution in [0.25, 0.3) is 0 Å². The Morgan fingerprint density at radius 1 is 1.36 bits per heavy atom. The van der Waals surface area contributed by atoms with Crippen molar-refractivity contribution in [2.24, 2.45) is 28.6 Å². The van der Waals surface area contributed by atoms with Crippen molar-refractivity contribution in [2.45, 2.75) is 63.9 Å². The summed E-state index contributed by atoms with van der Waals surface area (Å²) in [5.74, 6) is -2.27. The molecule has 0 heterocycles. The van der Waals surface area contributed by atoms with Crippen molar-refractivity contribution in [3.05, 3.63) is 58.4 Å². The smallest absolute Gasteiger partial charge is 0.224 e. The van der Waals surface area contributed by atoms with Crippen LogP contribution < -0.4 is 5.32 Å². The van der Waals surface area contributed by atoms with Gasteiger partial charge in [0.25, 0.3) is 0 Å². The number of rotatable bonds is 5. The summed E-state index contributed by atoms with van der Waals surface area (Å²) in [5, 5.41) is 25.7. The minimum Gasteiger partial charge on any atom is -0.389 e. The number of aliphatic hydroxyl groups is 2. The summed E-state index contributed by atoms with van der Waals surface area (Å²) in [6.45, 7) is 7.49. The largest absolute Gasteiger partial charge is 0.389 e. The third-order valence-corrected chi connectivity index (χ3v) is 10.1. The first-order valence-corrected chi connectivity index (χ1v) is 12.8. The van der Waals surface area contributed by atoms with Gasteiger partial charge in [-0.1, -0.05) is 35.9 Å². The summed E-state index contributed by atoms with van der Waals surface area (Å²) in [6, 6.07) is 4.29. The number of hydrogen-bond donors (Lipinski definition) is 3. The van der Waals surface area contributed by atoms with Gasteiger partial charge in [0.05, 0.1) is 28.1 Å². The van der Waals surface area contributed by atoms with Gasteiger partial charge in [-0.15, -0.1) is 0 Å². The third kappa shape index (κ3) is 3.39. The summed E-state index contributed by atoms with van der Waals surface area (Å²) in [4.78, 5) is 27.3. The van der Waals surface area contributed by atoms with E-state index in [1.807, 2.05) is 6.08 Å². The molecular weight excluding hydrogens is 485 g/mol. The maximum atomic E-state index is 14.1. The van der Waals surface area contributed by atoms with Crippen LogP contribution in [0.5, 0.6) is 0 Å². The van der Waals surface area contributed by atoms with Gasteiger partial charge < -0.3 is 20.3 Å². The Kier molecular flexibility index (Phi) is 6.03. The van der Waals surface area contributed by atoms with Crippen LogP contribution in [0.2, 0.25) is 5.02 Å². The Morgan fingerprint density at radius 3 is 2.72 bits per heavy atom.